The number of carbonyl (C=O) groups excluding carboxylic acids is 1. The normalized spacial score (nSPS) is 10.8. The van der Waals surface area contributed by atoms with Gasteiger partial charge in [0.05, 0.1) is 6.20 Å². The molecule has 3 rings (SSSR count). The second-order valence-corrected chi connectivity index (χ2v) is 5.48. The third-order valence-electron chi connectivity index (χ3n) is 3.59. The number of nitrogens with one attached hydrogen (secondary N) is 1. The molecule has 0 aliphatic heterocycles. The first-order valence-electron chi connectivity index (χ1n) is 7.17. The highest BCUT2D eigenvalue weighted by atomic mass is 16.4. The van der Waals surface area contributed by atoms with Gasteiger partial charge in [0.2, 0.25) is 5.89 Å². The van der Waals surface area contributed by atoms with Crippen LogP contribution in [0.1, 0.15) is 27.2 Å². The number of aromatic nitrogens is 4. The van der Waals surface area contributed by atoms with E-state index in [1.54, 1.807) is 13.2 Å². The molecule has 0 saturated heterocycles. The molecule has 0 radical (unpaired) electrons. The molecule has 0 spiro atoms. The molecule has 2 heterocycles. The minimum Gasteiger partial charge on any atom is -0.403 e. The molecule has 1 amide bonds. The van der Waals surface area contributed by atoms with Crippen LogP contribution >= 0.6 is 0 Å². The smallest absolute Gasteiger partial charge is 0.322 e. The summed E-state index contributed by atoms with van der Waals surface area (Å²) < 4.78 is 7.06. The summed E-state index contributed by atoms with van der Waals surface area (Å²) in [5.41, 5.74) is 4.27. The molecule has 0 fully saturated rings. The van der Waals surface area contributed by atoms with Gasteiger partial charge in [0.15, 0.2) is 0 Å². The van der Waals surface area contributed by atoms with Crippen molar-refractivity contribution in [3.63, 3.8) is 0 Å². The van der Waals surface area contributed by atoms with Crippen LogP contribution in [0.2, 0.25) is 0 Å². The van der Waals surface area contributed by atoms with Crippen LogP contribution in [0.5, 0.6) is 0 Å². The fraction of sp³-hybridized carbons (Fsp3) is 0.250. The zero-order valence-electron chi connectivity index (χ0n) is 13.4. The van der Waals surface area contributed by atoms with E-state index in [9.17, 15) is 4.79 Å². The van der Waals surface area contributed by atoms with Gasteiger partial charge in [-0.25, -0.2) is 0 Å². The molecule has 23 heavy (non-hydrogen) atoms. The fourth-order valence-corrected chi connectivity index (χ4v) is 2.47. The lowest BCUT2D eigenvalue weighted by molar-refractivity contribution is 0.101. The van der Waals surface area contributed by atoms with E-state index in [-0.39, 0.29) is 11.9 Å². The molecule has 2 aromatic heterocycles. The topological polar surface area (TPSA) is 85.8 Å². The highest BCUT2D eigenvalue weighted by Gasteiger charge is 2.18. The summed E-state index contributed by atoms with van der Waals surface area (Å²) in [6.07, 6.45) is 1.63. The Morgan fingerprint density at radius 2 is 1.96 bits per heavy atom. The van der Waals surface area contributed by atoms with Crippen LogP contribution in [0, 0.1) is 20.8 Å². The van der Waals surface area contributed by atoms with E-state index < -0.39 is 0 Å². The first-order chi connectivity index (χ1) is 11.0. The molecule has 118 valence electrons. The lowest BCUT2D eigenvalue weighted by atomic mass is 10.1. The van der Waals surface area contributed by atoms with Crippen molar-refractivity contribution in [3.05, 3.63) is 46.8 Å². The fourth-order valence-electron chi connectivity index (χ4n) is 2.47. The number of aryl methyl sites for hydroxylation is 4. The number of benzene rings is 1. The number of carbonyl (C=O) groups is 1. The van der Waals surface area contributed by atoms with Crippen molar-refractivity contribution in [2.45, 2.75) is 20.8 Å². The van der Waals surface area contributed by atoms with E-state index in [0.29, 0.717) is 11.6 Å². The Bertz CT molecular complexity index is 859. The minimum atomic E-state index is -0.335. The Kier molecular flexibility index (Phi) is 3.69. The van der Waals surface area contributed by atoms with Crippen molar-refractivity contribution in [2.75, 3.05) is 5.32 Å². The van der Waals surface area contributed by atoms with Gasteiger partial charge in [0, 0.05) is 12.6 Å². The molecule has 0 bridgehead atoms. The standard InChI is InChI=1S/C16H17N5O2/c1-9-5-6-12(10(2)7-9)15-19-20-16(23-15)18-14(22)13-11(3)8-17-21(13)4/h5-8H,1-4H3,(H,18,20,22). The Balaban J connectivity index is 1.84. The highest BCUT2D eigenvalue weighted by Crippen LogP contribution is 2.24. The van der Waals surface area contributed by atoms with Gasteiger partial charge in [-0.05, 0) is 38.0 Å². The molecule has 3 aromatic rings. The van der Waals surface area contributed by atoms with Crippen LogP contribution in [0.4, 0.5) is 6.01 Å². The van der Waals surface area contributed by atoms with Crippen molar-refractivity contribution in [1.29, 1.82) is 0 Å². The number of anilines is 1. The summed E-state index contributed by atoms with van der Waals surface area (Å²) >= 11 is 0. The van der Waals surface area contributed by atoms with E-state index in [1.165, 1.54) is 4.68 Å². The van der Waals surface area contributed by atoms with Crippen molar-refractivity contribution >= 4 is 11.9 Å². The highest BCUT2D eigenvalue weighted by molar-refractivity contribution is 6.02. The average Bonchev–Trinajstić information content (AvgIpc) is 3.06. The van der Waals surface area contributed by atoms with Gasteiger partial charge in [-0.15, -0.1) is 5.10 Å². The van der Waals surface area contributed by atoms with Gasteiger partial charge in [-0.1, -0.05) is 22.8 Å². The maximum atomic E-state index is 12.3. The number of amides is 1. The zero-order chi connectivity index (χ0) is 16.6. The summed E-state index contributed by atoms with van der Waals surface area (Å²) in [4.78, 5) is 12.3. The lowest BCUT2D eigenvalue weighted by Crippen LogP contribution is -2.17. The van der Waals surface area contributed by atoms with E-state index in [4.69, 9.17) is 4.42 Å². The quantitative estimate of drug-likeness (QED) is 0.803. The van der Waals surface area contributed by atoms with Crippen LogP contribution < -0.4 is 5.32 Å². The second kappa shape index (κ2) is 5.68. The summed E-state index contributed by atoms with van der Waals surface area (Å²) in [6.45, 7) is 5.81. The summed E-state index contributed by atoms with van der Waals surface area (Å²) in [5, 5.41) is 14.5. The lowest BCUT2D eigenvalue weighted by Gasteiger charge is -2.03. The number of rotatable bonds is 3. The van der Waals surface area contributed by atoms with Crippen molar-refractivity contribution in [2.24, 2.45) is 7.05 Å². The predicted molar refractivity (Wildman–Crippen MR) is 85.1 cm³/mol. The van der Waals surface area contributed by atoms with Crippen molar-refractivity contribution in [1.82, 2.24) is 20.0 Å². The van der Waals surface area contributed by atoms with Gasteiger partial charge in [0.25, 0.3) is 5.91 Å². The van der Waals surface area contributed by atoms with Gasteiger partial charge < -0.3 is 4.42 Å². The third-order valence-corrected chi connectivity index (χ3v) is 3.59. The largest absolute Gasteiger partial charge is 0.403 e. The SMILES string of the molecule is Cc1ccc(-c2nnc(NC(=O)c3c(C)cnn3C)o2)c(C)c1. The Morgan fingerprint density at radius 1 is 1.17 bits per heavy atom. The first kappa shape index (κ1) is 15.0. The number of nitrogens with zero attached hydrogens (tertiary/aromatic N) is 4. The molecular formula is C16H17N5O2. The Hall–Kier alpha value is -2.96. The predicted octanol–water partition coefficient (Wildman–Crippen LogP) is 2.65. The molecular weight excluding hydrogens is 294 g/mol. The van der Waals surface area contributed by atoms with E-state index in [1.807, 2.05) is 39.0 Å². The number of hydrogen-bond donors (Lipinski definition) is 1. The molecule has 0 saturated carbocycles. The Labute approximate surface area is 133 Å². The van der Waals surface area contributed by atoms with Gasteiger partial charge in [0.1, 0.15) is 5.69 Å². The van der Waals surface area contributed by atoms with Crippen LogP contribution in [0.15, 0.2) is 28.8 Å². The van der Waals surface area contributed by atoms with Gasteiger partial charge >= 0.3 is 6.01 Å². The van der Waals surface area contributed by atoms with Crippen LogP contribution in [-0.2, 0) is 7.05 Å². The third kappa shape index (κ3) is 2.85. The zero-order valence-corrected chi connectivity index (χ0v) is 13.4. The minimum absolute atomic E-state index is 0.0607. The second-order valence-electron chi connectivity index (χ2n) is 5.48. The molecule has 0 atom stereocenters. The van der Waals surface area contributed by atoms with Gasteiger partial charge in [-0.2, -0.15) is 5.10 Å². The summed E-state index contributed by atoms with van der Waals surface area (Å²) in [7, 11) is 1.71. The molecule has 1 aromatic carbocycles. The Morgan fingerprint density at radius 3 is 2.61 bits per heavy atom. The van der Waals surface area contributed by atoms with E-state index in [2.05, 4.69) is 20.6 Å². The van der Waals surface area contributed by atoms with Crippen LogP contribution in [-0.4, -0.2) is 25.9 Å². The average molecular weight is 311 g/mol. The van der Waals surface area contributed by atoms with Crippen molar-refractivity contribution in [3.8, 4) is 11.5 Å². The molecule has 7 nitrogen and oxygen atoms in total. The number of hydrogen-bond acceptors (Lipinski definition) is 5. The summed E-state index contributed by atoms with van der Waals surface area (Å²) in [5.74, 6) is 0.0397. The van der Waals surface area contributed by atoms with E-state index >= 15 is 0 Å². The first-order valence-corrected chi connectivity index (χ1v) is 7.17. The van der Waals surface area contributed by atoms with Crippen molar-refractivity contribution < 1.29 is 9.21 Å². The molecule has 0 aliphatic carbocycles. The monoisotopic (exact) mass is 311 g/mol. The van der Waals surface area contributed by atoms with Gasteiger partial charge in [-0.3, -0.25) is 14.8 Å². The molecule has 0 aliphatic rings. The van der Waals surface area contributed by atoms with Crippen LogP contribution in [0.3, 0.4) is 0 Å². The maximum absolute atomic E-state index is 12.3. The molecule has 7 heteroatoms. The molecule has 0 unspecified atom stereocenters. The van der Waals surface area contributed by atoms with Crippen LogP contribution in [0.25, 0.3) is 11.5 Å². The maximum Gasteiger partial charge on any atom is 0.322 e. The molecule has 1 N–H and O–H groups in total. The summed E-state index contributed by atoms with van der Waals surface area (Å²) in [6, 6.07) is 6.00. The van der Waals surface area contributed by atoms with E-state index in [0.717, 1.165) is 22.3 Å².